The van der Waals surface area contributed by atoms with E-state index in [2.05, 4.69) is 23.5 Å². The molecule has 0 saturated heterocycles. The molecule has 4 rings (SSSR count). The number of allylic oxidation sites excluding steroid dienone is 3. The Morgan fingerprint density at radius 3 is 2.27 bits per heavy atom. The number of hydrogen-bond acceptors (Lipinski definition) is 3. The third-order valence-corrected chi connectivity index (χ3v) is 6.20. The van der Waals surface area contributed by atoms with Crippen molar-refractivity contribution in [3.63, 3.8) is 0 Å². The fourth-order valence-electron chi connectivity index (χ4n) is 4.26. The smallest absolute Gasteiger partial charge is 0.411 e. The first kappa shape index (κ1) is 25.8. The minimum atomic E-state index is -0.580. The average molecular weight is 499 g/mol. The zero-order valence-electron chi connectivity index (χ0n) is 20.4. The molecule has 4 nitrogen and oxygen atoms in total. The lowest BCUT2D eigenvalue weighted by Crippen LogP contribution is -2.14. The van der Waals surface area contributed by atoms with E-state index in [-0.39, 0.29) is 18.2 Å². The number of carbonyl (C=O) groups excluding carboxylic acids is 1. The van der Waals surface area contributed by atoms with Gasteiger partial charge in [0.1, 0.15) is 11.6 Å². The van der Waals surface area contributed by atoms with Crippen LogP contribution in [-0.2, 0) is 4.74 Å². The lowest BCUT2D eigenvalue weighted by molar-refractivity contribution is 0.163. The Balaban J connectivity index is 1.35. The lowest BCUT2D eigenvalue weighted by Gasteiger charge is -2.10. The van der Waals surface area contributed by atoms with E-state index in [0.717, 1.165) is 22.3 Å². The number of benzene rings is 3. The normalized spacial score (nSPS) is 15.1. The summed E-state index contributed by atoms with van der Waals surface area (Å²) in [5.74, 6) is -1.16. The predicted molar refractivity (Wildman–Crippen MR) is 145 cm³/mol. The Kier molecular flexibility index (Phi) is 8.41. The van der Waals surface area contributed by atoms with Gasteiger partial charge in [-0.05, 0) is 59.4 Å². The summed E-state index contributed by atoms with van der Waals surface area (Å²) in [6.07, 6.45) is 6.47. The number of nitrogens with zero attached hydrogens (tertiary/aromatic N) is 1. The second-order valence-corrected chi connectivity index (χ2v) is 8.62. The van der Waals surface area contributed by atoms with Gasteiger partial charge in [-0.3, -0.25) is 10.3 Å². The molecule has 1 N–H and O–H groups in total. The highest BCUT2D eigenvalue weighted by atomic mass is 19.1. The van der Waals surface area contributed by atoms with Crippen LogP contribution in [0.4, 0.5) is 19.3 Å². The molecule has 1 aliphatic heterocycles. The third kappa shape index (κ3) is 6.47. The van der Waals surface area contributed by atoms with Crippen LogP contribution in [0.3, 0.4) is 0 Å². The van der Waals surface area contributed by atoms with Crippen molar-refractivity contribution in [1.29, 1.82) is 0 Å². The fourth-order valence-corrected chi connectivity index (χ4v) is 4.26. The maximum atomic E-state index is 14.1. The number of carbonyl (C=O) groups is 1. The van der Waals surface area contributed by atoms with E-state index in [1.807, 2.05) is 54.6 Å². The van der Waals surface area contributed by atoms with Gasteiger partial charge >= 0.3 is 6.09 Å². The van der Waals surface area contributed by atoms with E-state index < -0.39 is 17.7 Å². The number of ether oxygens (including phenoxy) is 1. The van der Waals surface area contributed by atoms with Crippen molar-refractivity contribution in [1.82, 2.24) is 0 Å². The van der Waals surface area contributed by atoms with Gasteiger partial charge < -0.3 is 4.74 Å². The fraction of sp³-hybridized carbons (Fsp3) is 0.161. The van der Waals surface area contributed by atoms with Crippen molar-refractivity contribution in [2.24, 2.45) is 4.99 Å². The van der Waals surface area contributed by atoms with Crippen LogP contribution < -0.4 is 5.32 Å². The van der Waals surface area contributed by atoms with Crippen LogP contribution in [0.5, 0.6) is 0 Å². The third-order valence-electron chi connectivity index (χ3n) is 6.20. The lowest BCUT2D eigenvalue weighted by atomic mass is 9.99. The number of amides is 1. The van der Waals surface area contributed by atoms with Crippen molar-refractivity contribution >= 4 is 17.5 Å². The van der Waals surface area contributed by atoms with E-state index in [9.17, 15) is 13.6 Å². The molecule has 0 radical (unpaired) electrons. The largest absolute Gasteiger partial charge is 0.449 e. The summed E-state index contributed by atoms with van der Waals surface area (Å²) in [5.41, 5.74) is 5.01. The van der Waals surface area contributed by atoms with E-state index >= 15 is 0 Å². The maximum absolute atomic E-state index is 14.1. The standard InChI is InChI=1S/C31H28F2N2O2/c1-3-6-21(4-2)19-20-37-31(36)34-25-15-13-23(14-16-25)22-9-11-24(12-10-22)28-17-18-29(35-28)30-26(32)7-5-8-27(30)33/h3-16,28H,1-2,17-20H2,(H,34,36)/b21-6+. The van der Waals surface area contributed by atoms with Gasteiger partial charge in [-0.1, -0.05) is 73.9 Å². The average Bonchev–Trinajstić information content (AvgIpc) is 3.38. The monoisotopic (exact) mass is 498 g/mol. The summed E-state index contributed by atoms with van der Waals surface area (Å²) in [5, 5.41) is 2.72. The number of anilines is 1. The summed E-state index contributed by atoms with van der Waals surface area (Å²) in [4.78, 5) is 16.7. The van der Waals surface area contributed by atoms with Gasteiger partial charge in [0.05, 0.1) is 18.2 Å². The van der Waals surface area contributed by atoms with Crippen molar-refractivity contribution in [3.05, 3.63) is 126 Å². The molecule has 0 saturated carbocycles. The molecule has 0 aromatic heterocycles. The summed E-state index contributed by atoms with van der Waals surface area (Å²) in [7, 11) is 0. The molecular weight excluding hydrogens is 470 g/mol. The first-order valence-electron chi connectivity index (χ1n) is 12.1. The summed E-state index contributed by atoms with van der Waals surface area (Å²) in [6.45, 7) is 7.61. The van der Waals surface area contributed by atoms with Crippen LogP contribution in [-0.4, -0.2) is 18.4 Å². The van der Waals surface area contributed by atoms with Crippen molar-refractivity contribution in [2.45, 2.75) is 25.3 Å². The topological polar surface area (TPSA) is 50.7 Å². The molecule has 188 valence electrons. The molecule has 1 heterocycles. The van der Waals surface area contributed by atoms with Gasteiger partial charge in [0.2, 0.25) is 0 Å². The van der Waals surface area contributed by atoms with E-state index in [1.165, 1.54) is 18.2 Å². The van der Waals surface area contributed by atoms with E-state index in [4.69, 9.17) is 4.74 Å². The highest BCUT2D eigenvalue weighted by Crippen LogP contribution is 2.33. The second-order valence-electron chi connectivity index (χ2n) is 8.62. The number of hydrogen-bond donors (Lipinski definition) is 1. The second kappa shape index (κ2) is 12.1. The van der Waals surface area contributed by atoms with Gasteiger partial charge in [0.15, 0.2) is 0 Å². The zero-order chi connectivity index (χ0) is 26.2. The minimum Gasteiger partial charge on any atom is -0.449 e. The molecule has 1 unspecified atom stereocenters. The van der Waals surface area contributed by atoms with Crippen LogP contribution in [0.2, 0.25) is 0 Å². The first-order valence-corrected chi connectivity index (χ1v) is 12.1. The van der Waals surface area contributed by atoms with Gasteiger partial charge in [-0.15, -0.1) is 0 Å². The Hall–Kier alpha value is -4.32. The molecule has 0 fully saturated rings. The molecule has 1 atom stereocenters. The molecule has 3 aromatic carbocycles. The Morgan fingerprint density at radius 1 is 1.00 bits per heavy atom. The SMILES string of the molecule is C=C/C=C(\C=C)CCOC(=O)Nc1ccc(-c2ccc(C3CCC(c4c(F)cccc4F)=N3)cc2)cc1. The molecule has 1 amide bonds. The zero-order valence-corrected chi connectivity index (χ0v) is 20.4. The number of nitrogens with one attached hydrogen (secondary N) is 1. The minimum absolute atomic E-state index is 0.0229. The molecule has 0 aliphatic carbocycles. The number of rotatable bonds is 9. The van der Waals surface area contributed by atoms with Gasteiger partial charge in [0, 0.05) is 17.8 Å². The number of aliphatic imine (C=N–C) groups is 1. The molecule has 0 spiro atoms. The van der Waals surface area contributed by atoms with Gasteiger partial charge in [-0.25, -0.2) is 13.6 Å². The molecular formula is C31H28F2N2O2. The van der Waals surface area contributed by atoms with Crippen molar-refractivity contribution in [2.75, 3.05) is 11.9 Å². The summed E-state index contributed by atoms with van der Waals surface area (Å²) in [6, 6.07) is 19.2. The van der Waals surface area contributed by atoms with Crippen molar-refractivity contribution < 1.29 is 18.3 Å². The summed E-state index contributed by atoms with van der Waals surface area (Å²) >= 11 is 0. The predicted octanol–water partition coefficient (Wildman–Crippen LogP) is 8.19. The highest BCUT2D eigenvalue weighted by molar-refractivity contribution is 6.02. The van der Waals surface area contributed by atoms with Crippen LogP contribution >= 0.6 is 0 Å². The molecule has 6 heteroatoms. The van der Waals surface area contributed by atoms with Crippen molar-refractivity contribution in [3.8, 4) is 11.1 Å². The molecule has 37 heavy (non-hydrogen) atoms. The Labute approximate surface area is 215 Å². The Bertz CT molecular complexity index is 1320. The Morgan fingerprint density at radius 2 is 1.65 bits per heavy atom. The molecule has 1 aliphatic rings. The quantitative estimate of drug-likeness (QED) is 0.302. The number of halogens is 2. The van der Waals surface area contributed by atoms with Crippen LogP contribution in [0.25, 0.3) is 11.1 Å². The first-order chi connectivity index (χ1) is 18.0. The highest BCUT2D eigenvalue weighted by Gasteiger charge is 2.24. The molecule has 3 aromatic rings. The van der Waals surface area contributed by atoms with E-state index in [0.29, 0.717) is 30.7 Å². The van der Waals surface area contributed by atoms with Crippen LogP contribution in [0.15, 0.2) is 109 Å². The van der Waals surface area contributed by atoms with Crippen LogP contribution in [0.1, 0.15) is 36.4 Å². The van der Waals surface area contributed by atoms with Crippen LogP contribution in [0, 0.1) is 11.6 Å². The molecule has 0 bridgehead atoms. The maximum Gasteiger partial charge on any atom is 0.411 e. The summed E-state index contributed by atoms with van der Waals surface area (Å²) < 4.78 is 33.5. The van der Waals surface area contributed by atoms with Gasteiger partial charge in [0.25, 0.3) is 0 Å². The van der Waals surface area contributed by atoms with Gasteiger partial charge in [-0.2, -0.15) is 0 Å². The van der Waals surface area contributed by atoms with E-state index in [1.54, 1.807) is 12.2 Å².